The van der Waals surface area contributed by atoms with Crippen LogP contribution >= 0.6 is 22.6 Å². The van der Waals surface area contributed by atoms with Crippen molar-refractivity contribution in [3.63, 3.8) is 0 Å². The van der Waals surface area contributed by atoms with Crippen molar-refractivity contribution >= 4 is 22.6 Å². The monoisotopic (exact) mass is 360 g/mol. The molecule has 2 nitrogen and oxygen atoms in total. The Hall–Kier alpha value is -0.500. The summed E-state index contributed by atoms with van der Waals surface area (Å²) in [7, 11) is 0. The molecule has 0 spiro atoms. The molecule has 1 aromatic rings. The standard InChI is InChI=1S/C11H12F3IO2/c12-11(13,14)8-16-6-1-7-17-10-4-2-9(15)3-5-10/h2-5H,1,6-8H2. The van der Waals surface area contributed by atoms with Crippen molar-refractivity contribution in [2.75, 3.05) is 19.8 Å². The molecular weight excluding hydrogens is 348 g/mol. The van der Waals surface area contributed by atoms with Gasteiger partial charge in [0, 0.05) is 9.99 Å². The Bertz CT molecular complexity index is 324. The van der Waals surface area contributed by atoms with Crippen molar-refractivity contribution in [2.45, 2.75) is 12.6 Å². The zero-order valence-electron chi connectivity index (χ0n) is 8.97. The summed E-state index contributed by atoms with van der Waals surface area (Å²) in [6, 6.07) is 7.43. The third kappa shape index (κ3) is 7.43. The van der Waals surface area contributed by atoms with Crippen molar-refractivity contribution in [3.8, 4) is 5.75 Å². The fourth-order valence-corrected chi connectivity index (χ4v) is 1.43. The molecule has 0 atom stereocenters. The van der Waals surface area contributed by atoms with E-state index < -0.39 is 12.8 Å². The molecule has 17 heavy (non-hydrogen) atoms. The van der Waals surface area contributed by atoms with Gasteiger partial charge in [-0.1, -0.05) is 0 Å². The zero-order chi connectivity index (χ0) is 12.7. The number of ether oxygens (including phenoxy) is 2. The third-order valence-corrected chi connectivity index (χ3v) is 2.50. The Kier molecular flexibility index (Phi) is 6.04. The van der Waals surface area contributed by atoms with Crippen LogP contribution in [-0.4, -0.2) is 26.0 Å². The molecule has 0 bridgehead atoms. The van der Waals surface area contributed by atoms with Crippen LogP contribution in [0.3, 0.4) is 0 Å². The first-order chi connectivity index (χ1) is 7.97. The number of rotatable bonds is 6. The van der Waals surface area contributed by atoms with Gasteiger partial charge in [-0.15, -0.1) is 0 Å². The third-order valence-electron chi connectivity index (χ3n) is 1.78. The van der Waals surface area contributed by atoms with E-state index in [1.54, 1.807) is 0 Å². The highest BCUT2D eigenvalue weighted by molar-refractivity contribution is 14.1. The molecule has 0 amide bonds. The highest BCUT2D eigenvalue weighted by Gasteiger charge is 2.27. The van der Waals surface area contributed by atoms with Crippen molar-refractivity contribution in [1.29, 1.82) is 0 Å². The van der Waals surface area contributed by atoms with Gasteiger partial charge in [-0.05, 0) is 46.9 Å². The van der Waals surface area contributed by atoms with E-state index in [1.165, 1.54) is 0 Å². The van der Waals surface area contributed by atoms with E-state index in [2.05, 4.69) is 27.3 Å². The number of benzene rings is 1. The van der Waals surface area contributed by atoms with Gasteiger partial charge in [-0.3, -0.25) is 0 Å². The summed E-state index contributed by atoms with van der Waals surface area (Å²) in [5.41, 5.74) is 0. The highest BCUT2D eigenvalue weighted by Crippen LogP contribution is 2.15. The lowest BCUT2D eigenvalue weighted by molar-refractivity contribution is -0.174. The predicted molar refractivity (Wildman–Crippen MR) is 66.1 cm³/mol. The molecule has 0 aromatic heterocycles. The quantitative estimate of drug-likeness (QED) is 0.570. The Morgan fingerprint density at radius 2 is 1.71 bits per heavy atom. The lowest BCUT2D eigenvalue weighted by Gasteiger charge is -2.08. The van der Waals surface area contributed by atoms with E-state index in [9.17, 15) is 13.2 Å². The smallest absolute Gasteiger partial charge is 0.411 e. The van der Waals surface area contributed by atoms with Crippen molar-refractivity contribution in [3.05, 3.63) is 27.8 Å². The molecule has 0 saturated carbocycles. The lowest BCUT2D eigenvalue weighted by Crippen LogP contribution is -2.18. The fraction of sp³-hybridized carbons (Fsp3) is 0.455. The molecule has 6 heteroatoms. The summed E-state index contributed by atoms with van der Waals surface area (Å²) in [5.74, 6) is 0.709. The normalized spacial score (nSPS) is 11.5. The summed E-state index contributed by atoms with van der Waals surface area (Å²) < 4.78 is 46.0. The minimum Gasteiger partial charge on any atom is -0.494 e. The van der Waals surface area contributed by atoms with E-state index >= 15 is 0 Å². The van der Waals surface area contributed by atoms with E-state index in [0.717, 1.165) is 3.57 Å². The minimum absolute atomic E-state index is 0.0455. The van der Waals surface area contributed by atoms with Crippen LogP contribution in [0.1, 0.15) is 6.42 Å². The van der Waals surface area contributed by atoms with Gasteiger partial charge >= 0.3 is 6.18 Å². The minimum atomic E-state index is -4.25. The van der Waals surface area contributed by atoms with Crippen LogP contribution in [0, 0.1) is 3.57 Å². The summed E-state index contributed by atoms with van der Waals surface area (Å²) in [5, 5.41) is 0. The number of alkyl halides is 3. The van der Waals surface area contributed by atoms with Gasteiger partial charge in [0.15, 0.2) is 0 Å². The van der Waals surface area contributed by atoms with Crippen molar-refractivity contribution < 1.29 is 22.6 Å². The van der Waals surface area contributed by atoms with E-state index in [0.29, 0.717) is 18.8 Å². The van der Waals surface area contributed by atoms with E-state index in [4.69, 9.17) is 4.74 Å². The highest BCUT2D eigenvalue weighted by atomic mass is 127. The maximum Gasteiger partial charge on any atom is 0.411 e. The number of hydrogen-bond acceptors (Lipinski definition) is 2. The van der Waals surface area contributed by atoms with Crippen LogP contribution in [0.5, 0.6) is 5.75 Å². The second-order valence-electron chi connectivity index (χ2n) is 3.32. The van der Waals surface area contributed by atoms with Crippen LogP contribution in [0.15, 0.2) is 24.3 Å². The van der Waals surface area contributed by atoms with Crippen molar-refractivity contribution in [2.24, 2.45) is 0 Å². The Balaban J connectivity index is 2.07. The molecule has 0 fully saturated rings. The molecular formula is C11H12F3IO2. The molecule has 0 aliphatic heterocycles. The van der Waals surface area contributed by atoms with Gasteiger partial charge in [0.1, 0.15) is 12.4 Å². The predicted octanol–water partition coefficient (Wildman–Crippen LogP) is 3.64. The lowest BCUT2D eigenvalue weighted by atomic mass is 10.3. The van der Waals surface area contributed by atoms with Gasteiger partial charge in [0.2, 0.25) is 0 Å². The largest absolute Gasteiger partial charge is 0.494 e. The van der Waals surface area contributed by atoms with Crippen molar-refractivity contribution in [1.82, 2.24) is 0 Å². The van der Waals surface area contributed by atoms with Crippen LogP contribution in [-0.2, 0) is 4.74 Å². The first-order valence-electron chi connectivity index (χ1n) is 5.00. The summed E-state index contributed by atoms with van der Waals surface area (Å²) in [6.07, 6.45) is -3.82. The Morgan fingerprint density at radius 1 is 1.06 bits per heavy atom. The van der Waals surface area contributed by atoms with Crippen LogP contribution in [0.4, 0.5) is 13.2 Å². The van der Waals surface area contributed by atoms with E-state index in [1.807, 2.05) is 24.3 Å². The van der Waals surface area contributed by atoms with Crippen LogP contribution < -0.4 is 4.74 Å². The molecule has 0 unspecified atom stereocenters. The fourth-order valence-electron chi connectivity index (χ4n) is 1.07. The molecule has 0 aliphatic carbocycles. The Labute approximate surface area is 111 Å². The zero-order valence-corrected chi connectivity index (χ0v) is 11.1. The maximum atomic E-state index is 11.7. The first-order valence-corrected chi connectivity index (χ1v) is 6.08. The van der Waals surface area contributed by atoms with Gasteiger partial charge in [-0.2, -0.15) is 13.2 Å². The van der Waals surface area contributed by atoms with E-state index in [-0.39, 0.29) is 6.61 Å². The Morgan fingerprint density at radius 3 is 2.29 bits per heavy atom. The van der Waals surface area contributed by atoms with Gasteiger partial charge < -0.3 is 9.47 Å². The second-order valence-corrected chi connectivity index (χ2v) is 4.57. The molecule has 0 N–H and O–H groups in total. The summed E-state index contributed by atoms with van der Waals surface area (Å²) in [6.45, 7) is -0.807. The molecule has 1 rings (SSSR count). The number of hydrogen-bond donors (Lipinski definition) is 0. The van der Waals surface area contributed by atoms with Crippen LogP contribution in [0.25, 0.3) is 0 Å². The average Bonchev–Trinajstić information content (AvgIpc) is 2.24. The molecule has 0 aliphatic rings. The van der Waals surface area contributed by atoms with Gasteiger partial charge in [-0.25, -0.2) is 0 Å². The van der Waals surface area contributed by atoms with Gasteiger partial charge in [0.05, 0.1) is 13.2 Å². The topological polar surface area (TPSA) is 18.5 Å². The number of halogens is 4. The molecule has 0 saturated heterocycles. The molecule has 0 radical (unpaired) electrons. The maximum absolute atomic E-state index is 11.7. The summed E-state index contributed by atoms with van der Waals surface area (Å²) >= 11 is 2.18. The average molecular weight is 360 g/mol. The molecule has 96 valence electrons. The van der Waals surface area contributed by atoms with Crippen LogP contribution in [0.2, 0.25) is 0 Å². The molecule has 0 heterocycles. The first kappa shape index (κ1) is 14.6. The SMILES string of the molecule is FC(F)(F)COCCCOc1ccc(I)cc1. The second kappa shape index (κ2) is 7.05. The molecule has 1 aromatic carbocycles. The van der Waals surface area contributed by atoms with Gasteiger partial charge in [0.25, 0.3) is 0 Å². The summed E-state index contributed by atoms with van der Waals surface area (Å²) in [4.78, 5) is 0.